The predicted molar refractivity (Wildman–Crippen MR) is 68.4 cm³/mol. The molecule has 1 rings (SSSR count). The number of carboxylic acid groups (broad SMARTS) is 1. The summed E-state index contributed by atoms with van der Waals surface area (Å²) < 4.78 is 0. The molecule has 2 atom stereocenters. The molecule has 98 valence electrons. The molecule has 0 aliphatic carbocycles. The molecule has 0 saturated carbocycles. The van der Waals surface area contributed by atoms with Crippen molar-refractivity contribution in [3.63, 3.8) is 0 Å². The fourth-order valence-electron chi connectivity index (χ4n) is 1.44. The molecular formula is C13H18N2O3. The van der Waals surface area contributed by atoms with Crippen molar-refractivity contribution < 1.29 is 14.7 Å². The highest BCUT2D eigenvalue weighted by molar-refractivity contribution is 5.82. The summed E-state index contributed by atoms with van der Waals surface area (Å²) >= 11 is 0. The maximum absolute atomic E-state index is 11.5. The molecule has 5 heteroatoms. The monoisotopic (exact) mass is 250 g/mol. The Hall–Kier alpha value is -2.04. The van der Waals surface area contributed by atoms with Gasteiger partial charge in [-0.25, -0.2) is 4.79 Å². The van der Waals surface area contributed by atoms with Crippen LogP contribution in [0.15, 0.2) is 24.3 Å². The van der Waals surface area contributed by atoms with Gasteiger partial charge in [-0.05, 0) is 26.3 Å². The molecule has 5 nitrogen and oxygen atoms in total. The van der Waals surface area contributed by atoms with Gasteiger partial charge in [-0.3, -0.25) is 4.79 Å². The van der Waals surface area contributed by atoms with Gasteiger partial charge >= 0.3 is 12.0 Å². The first-order valence-electron chi connectivity index (χ1n) is 5.76. The minimum Gasteiger partial charge on any atom is -0.480 e. The molecule has 0 bridgehead atoms. The van der Waals surface area contributed by atoms with E-state index in [1.807, 2.05) is 38.1 Å². The van der Waals surface area contributed by atoms with Gasteiger partial charge < -0.3 is 15.7 Å². The van der Waals surface area contributed by atoms with Gasteiger partial charge in [0, 0.05) is 0 Å². The van der Waals surface area contributed by atoms with Gasteiger partial charge in [0.2, 0.25) is 0 Å². The quantitative estimate of drug-likeness (QED) is 0.762. The highest BCUT2D eigenvalue weighted by Gasteiger charge is 2.15. The molecule has 1 aromatic carbocycles. The summed E-state index contributed by atoms with van der Waals surface area (Å²) in [5, 5.41) is 13.7. The average molecular weight is 250 g/mol. The summed E-state index contributed by atoms with van der Waals surface area (Å²) in [5.41, 5.74) is 2.12. The van der Waals surface area contributed by atoms with Crippen LogP contribution in [0.4, 0.5) is 4.79 Å². The maximum atomic E-state index is 11.5. The molecule has 3 N–H and O–H groups in total. The van der Waals surface area contributed by atoms with E-state index < -0.39 is 18.0 Å². The third-order valence-electron chi connectivity index (χ3n) is 2.64. The van der Waals surface area contributed by atoms with E-state index in [9.17, 15) is 9.59 Å². The van der Waals surface area contributed by atoms with E-state index in [4.69, 9.17) is 5.11 Å². The van der Waals surface area contributed by atoms with Gasteiger partial charge in [-0.1, -0.05) is 29.8 Å². The van der Waals surface area contributed by atoms with Gasteiger partial charge in [0.1, 0.15) is 6.04 Å². The van der Waals surface area contributed by atoms with Crippen LogP contribution in [-0.2, 0) is 4.79 Å². The van der Waals surface area contributed by atoms with Crippen LogP contribution in [0.3, 0.4) is 0 Å². The van der Waals surface area contributed by atoms with E-state index in [2.05, 4.69) is 10.6 Å². The van der Waals surface area contributed by atoms with Crippen LogP contribution >= 0.6 is 0 Å². The highest BCUT2D eigenvalue weighted by Crippen LogP contribution is 2.12. The van der Waals surface area contributed by atoms with E-state index >= 15 is 0 Å². The van der Waals surface area contributed by atoms with Crippen LogP contribution in [0.1, 0.15) is 31.0 Å². The minimum atomic E-state index is -1.06. The van der Waals surface area contributed by atoms with Crippen molar-refractivity contribution in [2.45, 2.75) is 32.9 Å². The normalized spacial score (nSPS) is 13.5. The van der Waals surface area contributed by atoms with Crippen molar-refractivity contribution in [3.8, 4) is 0 Å². The standard InChI is InChI=1S/C13H18N2O3/c1-8-4-6-11(7-5-8)9(2)14-13(18)15-10(3)12(16)17/h4-7,9-10H,1-3H3,(H,16,17)(H2,14,15,18)/t9?,10-/m1/s1. The Kier molecular flexibility index (Phi) is 4.71. The van der Waals surface area contributed by atoms with Crippen LogP contribution in [-0.4, -0.2) is 23.1 Å². The van der Waals surface area contributed by atoms with Crippen LogP contribution in [0, 0.1) is 6.92 Å². The van der Waals surface area contributed by atoms with Crippen molar-refractivity contribution in [2.24, 2.45) is 0 Å². The second-order valence-corrected chi connectivity index (χ2v) is 4.31. The van der Waals surface area contributed by atoms with E-state index in [0.717, 1.165) is 11.1 Å². The van der Waals surface area contributed by atoms with Gasteiger partial charge in [0.05, 0.1) is 6.04 Å². The fraction of sp³-hybridized carbons (Fsp3) is 0.385. The Morgan fingerprint density at radius 1 is 1.11 bits per heavy atom. The number of urea groups is 1. The first kappa shape index (κ1) is 14.0. The van der Waals surface area contributed by atoms with Crippen molar-refractivity contribution in [2.75, 3.05) is 0 Å². The molecule has 1 aromatic rings. The van der Waals surface area contributed by atoms with E-state index in [0.29, 0.717) is 0 Å². The smallest absolute Gasteiger partial charge is 0.325 e. The summed E-state index contributed by atoms with van der Waals surface area (Å²) in [6.45, 7) is 5.25. The Morgan fingerprint density at radius 3 is 2.17 bits per heavy atom. The zero-order chi connectivity index (χ0) is 13.7. The molecule has 18 heavy (non-hydrogen) atoms. The summed E-state index contributed by atoms with van der Waals surface area (Å²) in [4.78, 5) is 22.1. The lowest BCUT2D eigenvalue weighted by Crippen LogP contribution is -2.45. The molecular weight excluding hydrogens is 232 g/mol. The molecule has 0 radical (unpaired) electrons. The third kappa shape index (κ3) is 4.08. The lowest BCUT2D eigenvalue weighted by molar-refractivity contribution is -0.138. The van der Waals surface area contributed by atoms with Gasteiger partial charge in [0.25, 0.3) is 0 Å². The lowest BCUT2D eigenvalue weighted by Gasteiger charge is -2.16. The molecule has 0 aromatic heterocycles. The van der Waals surface area contributed by atoms with Crippen LogP contribution < -0.4 is 10.6 Å². The van der Waals surface area contributed by atoms with Gasteiger partial charge in [-0.15, -0.1) is 0 Å². The number of amides is 2. The molecule has 0 fully saturated rings. The number of carbonyl (C=O) groups excluding carboxylic acids is 1. The number of benzene rings is 1. The van der Waals surface area contributed by atoms with Gasteiger partial charge in [-0.2, -0.15) is 0 Å². The first-order valence-corrected chi connectivity index (χ1v) is 5.76. The first-order chi connectivity index (χ1) is 8.40. The Morgan fingerprint density at radius 2 is 1.67 bits per heavy atom. The van der Waals surface area contributed by atoms with Crippen molar-refractivity contribution in [1.82, 2.24) is 10.6 Å². The van der Waals surface area contributed by atoms with Gasteiger partial charge in [0.15, 0.2) is 0 Å². The van der Waals surface area contributed by atoms with Crippen LogP contribution in [0.5, 0.6) is 0 Å². The van der Waals surface area contributed by atoms with Crippen molar-refractivity contribution >= 4 is 12.0 Å². The van der Waals surface area contributed by atoms with E-state index in [1.54, 1.807) is 0 Å². The molecule has 0 heterocycles. The Bertz CT molecular complexity index is 428. The average Bonchev–Trinajstić information content (AvgIpc) is 2.29. The number of carboxylic acids is 1. The summed E-state index contributed by atoms with van der Waals surface area (Å²) in [6, 6.07) is 6.22. The fourth-order valence-corrected chi connectivity index (χ4v) is 1.44. The van der Waals surface area contributed by atoms with Crippen molar-refractivity contribution in [1.29, 1.82) is 0 Å². The van der Waals surface area contributed by atoms with E-state index in [-0.39, 0.29) is 6.04 Å². The largest absolute Gasteiger partial charge is 0.480 e. The molecule has 0 spiro atoms. The number of hydrogen-bond acceptors (Lipinski definition) is 2. The molecule has 1 unspecified atom stereocenters. The number of hydrogen-bond donors (Lipinski definition) is 3. The lowest BCUT2D eigenvalue weighted by atomic mass is 10.1. The molecule has 2 amide bonds. The summed E-state index contributed by atoms with van der Waals surface area (Å²) in [7, 11) is 0. The number of aliphatic carboxylic acids is 1. The number of rotatable bonds is 4. The summed E-state index contributed by atoms with van der Waals surface area (Å²) in [5.74, 6) is -1.06. The van der Waals surface area contributed by atoms with E-state index in [1.165, 1.54) is 6.92 Å². The van der Waals surface area contributed by atoms with Crippen LogP contribution in [0.25, 0.3) is 0 Å². The van der Waals surface area contributed by atoms with Crippen molar-refractivity contribution in [3.05, 3.63) is 35.4 Å². The Balaban J connectivity index is 2.54. The number of nitrogens with one attached hydrogen (secondary N) is 2. The second kappa shape index (κ2) is 6.05. The SMILES string of the molecule is Cc1ccc(C(C)NC(=O)N[C@H](C)C(=O)O)cc1. The van der Waals surface area contributed by atoms with Crippen LogP contribution in [0.2, 0.25) is 0 Å². The number of carbonyl (C=O) groups is 2. The molecule has 0 aliphatic heterocycles. The maximum Gasteiger partial charge on any atom is 0.325 e. The molecule has 0 saturated heterocycles. The summed E-state index contributed by atoms with van der Waals surface area (Å²) in [6.07, 6.45) is 0. The number of aryl methyl sites for hydroxylation is 1. The topological polar surface area (TPSA) is 78.4 Å². The zero-order valence-electron chi connectivity index (χ0n) is 10.7. The zero-order valence-corrected chi connectivity index (χ0v) is 10.7. The highest BCUT2D eigenvalue weighted by atomic mass is 16.4. The predicted octanol–water partition coefficient (Wildman–Crippen LogP) is 1.83. The molecule has 0 aliphatic rings. The second-order valence-electron chi connectivity index (χ2n) is 4.31. The Labute approximate surface area is 106 Å². The third-order valence-corrected chi connectivity index (χ3v) is 2.64. The minimum absolute atomic E-state index is 0.174.